The number of carbonyl (C=O) groups is 1. The number of aryl methyl sites for hydroxylation is 1. The number of rotatable bonds is 6. The Labute approximate surface area is 206 Å². The van der Waals surface area contributed by atoms with Gasteiger partial charge < -0.3 is 19.4 Å². The molecule has 1 N–H and O–H groups in total. The molecule has 4 aromatic rings. The van der Waals surface area contributed by atoms with E-state index in [0.717, 1.165) is 65.5 Å². The smallest absolute Gasteiger partial charge is 0.255 e. The summed E-state index contributed by atoms with van der Waals surface area (Å²) in [7, 11) is 3.82. The Balaban J connectivity index is 1.60. The molecule has 0 radical (unpaired) electrons. The van der Waals surface area contributed by atoms with Crippen molar-refractivity contribution in [2.45, 2.75) is 13.0 Å². The Morgan fingerprint density at radius 1 is 0.943 bits per heavy atom. The fourth-order valence-corrected chi connectivity index (χ4v) is 4.67. The number of benzene rings is 3. The first-order valence-electron chi connectivity index (χ1n) is 12.0. The minimum absolute atomic E-state index is 0.143. The molecule has 1 aliphatic rings. The number of nitrogens with zero attached hydrogens (tertiary/aromatic N) is 2. The Morgan fingerprint density at radius 2 is 1.63 bits per heavy atom. The molecule has 1 saturated heterocycles. The monoisotopic (exact) mass is 469 g/mol. The number of furan rings is 1. The molecule has 0 spiro atoms. The van der Waals surface area contributed by atoms with Gasteiger partial charge in [0, 0.05) is 37.1 Å². The molecule has 6 nitrogen and oxygen atoms in total. The van der Waals surface area contributed by atoms with Crippen LogP contribution in [0.1, 0.15) is 33.3 Å². The molecule has 3 aromatic carbocycles. The maximum atomic E-state index is 13.3. The number of hydrogen-bond acceptors (Lipinski definition) is 5. The van der Waals surface area contributed by atoms with Gasteiger partial charge in [0.2, 0.25) is 0 Å². The Bertz CT molecular complexity index is 1300. The van der Waals surface area contributed by atoms with Gasteiger partial charge in [0.15, 0.2) is 0 Å². The number of carbonyl (C=O) groups excluding carboxylic acids is 1. The van der Waals surface area contributed by atoms with E-state index < -0.39 is 0 Å². The van der Waals surface area contributed by atoms with Gasteiger partial charge in [-0.15, -0.1) is 0 Å². The van der Waals surface area contributed by atoms with E-state index in [1.807, 2.05) is 67.6 Å². The Hall–Kier alpha value is -3.61. The van der Waals surface area contributed by atoms with Gasteiger partial charge in [0.1, 0.15) is 17.1 Å². The number of hydrogen-bond donors (Lipinski definition) is 1. The largest absolute Gasteiger partial charge is 0.497 e. The van der Waals surface area contributed by atoms with Crippen LogP contribution in [0.2, 0.25) is 0 Å². The number of methoxy groups -OCH3 is 1. The fourth-order valence-electron chi connectivity index (χ4n) is 4.67. The summed E-state index contributed by atoms with van der Waals surface area (Å²) in [5, 5.41) is 4.09. The zero-order valence-corrected chi connectivity index (χ0v) is 20.5. The molecule has 0 bridgehead atoms. The van der Waals surface area contributed by atoms with Gasteiger partial charge in [-0.25, -0.2) is 0 Å². The highest BCUT2D eigenvalue weighted by Crippen LogP contribution is 2.41. The molecule has 1 atom stereocenters. The summed E-state index contributed by atoms with van der Waals surface area (Å²) in [5.41, 5.74) is 4.32. The fraction of sp³-hybridized carbons (Fsp3) is 0.276. The van der Waals surface area contributed by atoms with Crippen LogP contribution in [-0.2, 0) is 0 Å². The van der Waals surface area contributed by atoms with Crippen molar-refractivity contribution < 1.29 is 13.9 Å². The molecule has 35 heavy (non-hydrogen) atoms. The van der Waals surface area contributed by atoms with Crippen molar-refractivity contribution in [1.29, 1.82) is 0 Å². The van der Waals surface area contributed by atoms with Crippen molar-refractivity contribution in [2.75, 3.05) is 45.7 Å². The van der Waals surface area contributed by atoms with Crippen LogP contribution in [0.15, 0.2) is 77.2 Å². The van der Waals surface area contributed by atoms with Crippen molar-refractivity contribution in [1.82, 2.24) is 9.80 Å². The van der Waals surface area contributed by atoms with E-state index in [1.54, 1.807) is 7.11 Å². The Morgan fingerprint density at radius 3 is 2.31 bits per heavy atom. The first-order chi connectivity index (χ1) is 17.0. The highest BCUT2D eigenvalue weighted by molar-refractivity contribution is 6.09. The van der Waals surface area contributed by atoms with E-state index in [2.05, 4.69) is 34.3 Å². The lowest BCUT2D eigenvalue weighted by atomic mass is 9.99. The number of amides is 1. The van der Waals surface area contributed by atoms with E-state index in [4.69, 9.17) is 9.15 Å². The van der Waals surface area contributed by atoms with Crippen LogP contribution in [0.25, 0.3) is 11.0 Å². The molecular formula is C29H31N3O3. The molecule has 1 amide bonds. The number of nitrogens with one attached hydrogen (secondary N) is 1. The first-order valence-corrected chi connectivity index (χ1v) is 12.0. The van der Waals surface area contributed by atoms with Crippen molar-refractivity contribution in [3.05, 3.63) is 95.2 Å². The average Bonchev–Trinajstić information content (AvgIpc) is 3.24. The second-order valence-corrected chi connectivity index (χ2v) is 9.17. The molecule has 1 fully saturated rings. The summed E-state index contributed by atoms with van der Waals surface area (Å²) < 4.78 is 11.9. The van der Waals surface area contributed by atoms with Gasteiger partial charge in [-0.1, -0.05) is 42.0 Å². The third kappa shape index (κ3) is 4.81. The molecule has 2 heterocycles. The lowest BCUT2D eigenvalue weighted by Gasteiger charge is -2.37. The van der Waals surface area contributed by atoms with Crippen molar-refractivity contribution in [3.63, 3.8) is 0 Å². The molecule has 1 aromatic heterocycles. The normalized spacial score (nSPS) is 15.7. The molecule has 5 rings (SSSR count). The molecule has 0 saturated carbocycles. The third-order valence-corrected chi connectivity index (χ3v) is 6.76. The van der Waals surface area contributed by atoms with E-state index in [-0.39, 0.29) is 11.9 Å². The van der Waals surface area contributed by atoms with Gasteiger partial charge in [0.25, 0.3) is 5.91 Å². The summed E-state index contributed by atoms with van der Waals surface area (Å²) in [6.45, 7) is 5.75. The number of para-hydroxylation sites is 1. The number of ether oxygens (including phenoxy) is 1. The van der Waals surface area contributed by atoms with Crippen LogP contribution in [-0.4, -0.2) is 56.0 Å². The topological polar surface area (TPSA) is 58.0 Å². The Kier molecular flexibility index (Phi) is 6.57. The second kappa shape index (κ2) is 9.94. The number of likely N-dealkylation sites (N-methyl/N-ethyl adjacent to an activating group) is 1. The maximum Gasteiger partial charge on any atom is 0.255 e. The van der Waals surface area contributed by atoms with Crippen molar-refractivity contribution >= 4 is 22.6 Å². The third-order valence-electron chi connectivity index (χ3n) is 6.76. The number of anilines is 1. The SMILES string of the molecule is COc1ccc([C@H](c2oc3ccccc3c2NC(=O)c2ccc(C)cc2)N2CCN(C)CC2)cc1. The van der Waals surface area contributed by atoms with Crippen LogP contribution >= 0.6 is 0 Å². The predicted molar refractivity (Wildman–Crippen MR) is 139 cm³/mol. The first kappa shape index (κ1) is 23.1. The van der Waals surface area contributed by atoms with Gasteiger partial charge in [-0.05, 0) is 55.9 Å². The molecule has 180 valence electrons. The van der Waals surface area contributed by atoms with E-state index in [0.29, 0.717) is 5.56 Å². The molecule has 0 unspecified atom stereocenters. The molecule has 0 aliphatic carbocycles. The summed E-state index contributed by atoms with van der Waals surface area (Å²) in [6, 6.07) is 23.5. The van der Waals surface area contributed by atoms with E-state index in [9.17, 15) is 4.79 Å². The predicted octanol–water partition coefficient (Wildman–Crippen LogP) is 5.34. The maximum absolute atomic E-state index is 13.3. The van der Waals surface area contributed by atoms with Gasteiger partial charge in [-0.2, -0.15) is 0 Å². The van der Waals surface area contributed by atoms with Gasteiger partial charge >= 0.3 is 0 Å². The van der Waals surface area contributed by atoms with E-state index in [1.165, 1.54) is 0 Å². The molecular weight excluding hydrogens is 438 g/mol. The molecule has 6 heteroatoms. The van der Waals surface area contributed by atoms with Crippen LogP contribution in [0.3, 0.4) is 0 Å². The lowest BCUT2D eigenvalue weighted by Crippen LogP contribution is -2.46. The van der Waals surface area contributed by atoms with E-state index >= 15 is 0 Å². The minimum atomic E-state index is -0.148. The highest BCUT2D eigenvalue weighted by atomic mass is 16.5. The van der Waals surface area contributed by atoms with Gasteiger partial charge in [0.05, 0.1) is 18.8 Å². The van der Waals surface area contributed by atoms with Crippen molar-refractivity contribution in [2.24, 2.45) is 0 Å². The zero-order valence-electron chi connectivity index (χ0n) is 20.5. The van der Waals surface area contributed by atoms with Crippen LogP contribution in [0, 0.1) is 6.92 Å². The van der Waals surface area contributed by atoms with Crippen molar-refractivity contribution in [3.8, 4) is 5.75 Å². The minimum Gasteiger partial charge on any atom is -0.497 e. The molecule has 1 aliphatic heterocycles. The number of piperazine rings is 1. The zero-order chi connectivity index (χ0) is 24.4. The standard InChI is InChI=1S/C29H31N3O3/c1-20-8-10-22(11-9-20)29(33)30-26-24-6-4-5-7-25(24)35-28(26)27(32-18-16-31(2)17-19-32)21-12-14-23(34-3)15-13-21/h4-15,27H,16-19H2,1-3H3,(H,30,33)/t27-/m1/s1. The summed E-state index contributed by atoms with van der Waals surface area (Å²) in [4.78, 5) is 18.1. The number of fused-ring (bicyclic) bond motifs is 1. The average molecular weight is 470 g/mol. The lowest BCUT2D eigenvalue weighted by molar-refractivity contribution is 0.102. The summed E-state index contributed by atoms with van der Waals surface area (Å²) in [5.74, 6) is 1.41. The quantitative estimate of drug-likeness (QED) is 0.413. The van der Waals surface area contributed by atoms with Crippen LogP contribution in [0.4, 0.5) is 5.69 Å². The van der Waals surface area contributed by atoms with Crippen LogP contribution in [0.5, 0.6) is 5.75 Å². The second-order valence-electron chi connectivity index (χ2n) is 9.17. The van der Waals surface area contributed by atoms with Crippen LogP contribution < -0.4 is 10.1 Å². The highest BCUT2D eigenvalue weighted by Gasteiger charge is 2.32. The summed E-state index contributed by atoms with van der Waals surface area (Å²) >= 11 is 0. The summed E-state index contributed by atoms with van der Waals surface area (Å²) in [6.07, 6.45) is 0. The van der Waals surface area contributed by atoms with Gasteiger partial charge in [-0.3, -0.25) is 9.69 Å².